The van der Waals surface area contributed by atoms with Gasteiger partial charge in [-0.25, -0.2) is 9.59 Å². The number of rotatable bonds is 6. The third-order valence-corrected chi connectivity index (χ3v) is 3.49. The highest BCUT2D eigenvalue weighted by atomic mass is 16.7. The lowest BCUT2D eigenvalue weighted by Crippen LogP contribution is -2.15. The SMILES string of the molecule is CC(=O)O/N=C(\C(C)=N\OC(C)=O)c1ccc(-c2ccc([N+](=O)[O-])cc2)cc1. The Hall–Kier alpha value is -3.88. The predicted octanol–water partition coefficient (Wildman–Crippen LogP) is 3.47. The third-order valence-electron chi connectivity index (χ3n) is 3.49. The number of hydrogen-bond acceptors (Lipinski definition) is 8. The van der Waals surface area contributed by atoms with Gasteiger partial charge in [0, 0.05) is 31.5 Å². The fourth-order valence-electron chi connectivity index (χ4n) is 2.21. The van der Waals surface area contributed by atoms with Gasteiger partial charge >= 0.3 is 11.9 Å². The maximum absolute atomic E-state index is 11.1. The fourth-order valence-corrected chi connectivity index (χ4v) is 2.21. The van der Waals surface area contributed by atoms with E-state index in [9.17, 15) is 19.7 Å². The van der Waals surface area contributed by atoms with E-state index >= 15 is 0 Å². The Morgan fingerprint density at radius 3 is 1.75 bits per heavy atom. The minimum absolute atomic E-state index is 0.00785. The van der Waals surface area contributed by atoms with E-state index in [1.807, 2.05) is 0 Å². The van der Waals surface area contributed by atoms with Crippen molar-refractivity contribution in [2.75, 3.05) is 0 Å². The average Bonchev–Trinajstić information content (AvgIpc) is 2.67. The number of oxime groups is 2. The number of carbonyl (C=O) groups excluding carboxylic acids is 2. The molecule has 2 aromatic rings. The van der Waals surface area contributed by atoms with E-state index in [1.165, 1.54) is 26.0 Å². The van der Waals surface area contributed by atoms with Gasteiger partial charge in [0.15, 0.2) is 0 Å². The fraction of sp³-hybridized carbons (Fsp3) is 0.158. The van der Waals surface area contributed by atoms with Gasteiger partial charge in [-0.15, -0.1) is 0 Å². The van der Waals surface area contributed by atoms with Gasteiger partial charge in [-0.2, -0.15) is 0 Å². The number of nitro benzene ring substituents is 1. The summed E-state index contributed by atoms with van der Waals surface area (Å²) in [5.74, 6) is -1.21. The van der Waals surface area contributed by atoms with Crippen LogP contribution < -0.4 is 0 Å². The van der Waals surface area contributed by atoms with Crippen LogP contribution in [0, 0.1) is 10.1 Å². The molecule has 0 N–H and O–H groups in total. The van der Waals surface area contributed by atoms with Crippen LogP contribution in [0.5, 0.6) is 0 Å². The summed E-state index contributed by atoms with van der Waals surface area (Å²) in [6.45, 7) is 3.96. The van der Waals surface area contributed by atoms with Crippen molar-refractivity contribution in [3.63, 3.8) is 0 Å². The molecule has 0 unspecified atom stereocenters. The van der Waals surface area contributed by atoms with Crippen molar-refractivity contribution >= 4 is 29.0 Å². The predicted molar refractivity (Wildman–Crippen MR) is 102 cm³/mol. The van der Waals surface area contributed by atoms with Crippen molar-refractivity contribution in [2.24, 2.45) is 10.3 Å². The highest BCUT2D eigenvalue weighted by molar-refractivity contribution is 6.47. The molecule has 9 heteroatoms. The van der Waals surface area contributed by atoms with Crippen molar-refractivity contribution in [1.82, 2.24) is 0 Å². The van der Waals surface area contributed by atoms with Gasteiger partial charge in [-0.3, -0.25) is 10.1 Å². The van der Waals surface area contributed by atoms with Gasteiger partial charge in [0.25, 0.3) is 5.69 Å². The smallest absolute Gasteiger partial charge is 0.318 e. The number of benzene rings is 2. The first-order chi connectivity index (χ1) is 13.3. The molecule has 0 saturated heterocycles. The largest absolute Gasteiger partial charge is 0.332 e. The summed E-state index contributed by atoms with van der Waals surface area (Å²) in [5, 5.41) is 18.2. The zero-order chi connectivity index (χ0) is 20.7. The van der Waals surface area contributed by atoms with Crippen LogP contribution >= 0.6 is 0 Å². The summed E-state index contributed by atoms with van der Waals surface area (Å²) in [7, 11) is 0. The van der Waals surface area contributed by atoms with E-state index in [-0.39, 0.29) is 17.1 Å². The van der Waals surface area contributed by atoms with Gasteiger partial charge in [-0.05, 0) is 30.2 Å². The topological polar surface area (TPSA) is 120 Å². The maximum atomic E-state index is 11.1. The van der Waals surface area contributed by atoms with E-state index < -0.39 is 16.9 Å². The normalized spacial score (nSPS) is 11.7. The second-order valence-electron chi connectivity index (χ2n) is 5.66. The lowest BCUT2D eigenvalue weighted by atomic mass is 10.0. The van der Waals surface area contributed by atoms with E-state index in [0.717, 1.165) is 11.1 Å². The molecule has 2 aromatic carbocycles. The van der Waals surface area contributed by atoms with E-state index in [0.29, 0.717) is 5.56 Å². The molecule has 0 amide bonds. The molecular formula is C19H17N3O6. The van der Waals surface area contributed by atoms with Crippen LogP contribution in [0.25, 0.3) is 11.1 Å². The molecule has 0 heterocycles. The van der Waals surface area contributed by atoms with Gasteiger partial charge in [-0.1, -0.05) is 34.6 Å². The van der Waals surface area contributed by atoms with Gasteiger partial charge in [0.2, 0.25) is 0 Å². The quantitative estimate of drug-likeness (QED) is 0.326. The van der Waals surface area contributed by atoms with Crippen LogP contribution in [-0.4, -0.2) is 28.3 Å². The Kier molecular flexibility index (Phi) is 6.69. The number of nitro groups is 1. The second-order valence-corrected chi connectivity index (χ2v) is 5.66. The first-order valence-electron chi connectivity index (χ1n) is 8.11. The molecule has 0 aliphatic rings. The van der Waals surface area contributed by atoms with Crippen molar-refractivity contribution < 1.29 is 24.2 Å². The zero-order valence-corrected chi connectivity index (χ0v) is 15.4. The summed E-state index contributed by atoms with van der Waals surface area (Å²) in [6.07, 6.45) is 0. The summed E-state index contributed by atoms with van der Waals surface area (Å²) in [6, 6.07) is 13.1. The minimum Gasteiger partial charge on any atom is -0.318 e. The highest BCUT2D eigenvalue weighted by Gasteiger charge is 2.12. The summed E-state index contributed by atoms with van der Waals surface area (Å²) in [4.78, 5) is 41.6. The number of non-ortho nitro benzene ring substituents is 1. The molecule has 0 radical (unpaired) electrons. The first-order valence-corrected chi connectivity index (χ1v) is 8.11. The van der Waals surface area contributed by atoms with E-state index in [2.05, 4.69) is 15.1 Å². The first kappa shape index (κ1) is 20.4. The van der Waals surface area contributed by atoms with Crippen molar-refractivity contribution in [2.45, 2.75) is 20.8 Å². The molecular weight excluding hydrogens is 366 g/mol. The molecule has 0 spiro atoms. The number of carbonyl (C=O) groups is 2. The van der Waals surface area contributed by atoms with Crippen molar-refractivity contribution in [3.05, 3.63) is 64.2 Å². The van der Waals surface area contributed by atoms with Crippen LogP contribution in [0.4, 0.5) is 5.69 Å². The number of nitrogens with zero attached hydrogens (tertiary/aromatic N) is 3. The molecule has 144 valence electrons. The molecule has 9 nitrogen and oxygen atoms in total. The maximum Gasteiger partial charge on any atom is 0.332 e. The van der Waals surface area contributed by atoms with Crippen molar-refractivity contribution in [1.29, 1.82) is 0 Å². The van der Waals surface area contributed by atoms with Crippen LogP contribution in [0.3, 0.4) is 0 Å². The van der Waals surface area contributed by atoms with Gasteiger partial charge < -0.3 is 9.68 Å². The summed E-state index contributed by atoms with van der Waals surface area (Å²) < 4.78 is 0. The molecule has 2 rings (SSSR count). The standard InChI is InChI=1S/C19H17N3O6/c1-12(20-27-13(2)23)19(21-28-14(3)24)17-6-4-15(5-7-17)16-8-10-18(11-9-16)22(25)26/h4-11H,1-3H3/b20-12+,21-19+. The Bertz CT molecular complexity index is 947. The second kappa shape index (κ2) is 9.17. The summed E-state index contributed by atoms with van der Waals surface area (Å²) >= 11 is 0. The molecule has 0 aliphatic carbocycles. The van der Waals surface area contributed by atoms with E-state index in [4.69, 9.17) is 4.84 Å². The highest BCUT2D eigenvalue weighted by Crippen LogP contribution is 2.23. The Morgan fingerprint density at radius 1 is 0.821 bits per heavy atom. The van der Waals surface area contributed by atoms with Crippen LogP contribution in [-0.2, 0) is 19.3 Å². The van der Waals surface area contributed by atoms with Crippen LogP contribution in [0.1, 0.15) is 26.3 Å². The van der Waals surface area contributed by atoms with Gasteiger partial charge in [0.05, 0.1) is 4.92 Å². The molecule has 0 aliphatic heterocycles. The zero-order valence-electron chi connectivity index (χ0n) is 15.4. The monoisotopic (exact) mass is 383 g/mol. The lowest BCUT2D eigenvalue weighted by Gasteiger charge is -2.07. The summed E-state index contributed by atoms with van der Waals surface area (Å²) in [5.41, 5.74) is 2.64. The Morgan fingerprint density at radius 2 is 1.29 bits per heavy atom. The Balaban J connectivity index is 2.33. The minimum atomic E-state index is -0.611. The molecule has 0 saturated carbocycles. The Labute approximate surface area is 160 Å². The molecule has 0 fully saturated rings. The van der Waals surface area contributed by atoms with Crippen LogP contribution in [0.15, 0.2) is 58.8 Å². The third kappa shape index (κ3) is 5.56. The molecule has 0 aromatic heterocycles. The van der Waals surface area contributed by atoms with Gasteiger partial charge in [0.1, 0.15) is 11.4 Å². The molecule has 0 bridgehead atoms. The van der Waals surface area contributed by atoms with Crippen LogP contribution in [0.2, 0.25) is 0 Å². The molecule has 0 atom stereocenters. The lowest BCUT2D eigenvalue weighted by molar-refractivity contribution is -0.384. The average molecular weight is 383 g/mol. The number of hydrogen-bond donors (Lipinski definition) is 0. The van der Waals surface area contributed by atoms with Crippen molar-refractivity contribution in [3.8, 4) is 11.1 Å². The molecule has 28 heavy (non-hydrogen) atoms. The van der Waals surface area contributed by atoms with E-state index in [1.54, 1.807) is 43.3 Å².